The molecular formula is C54H48Cl2P3Rh+3. The van der Waals surface area contributed by atoms with Gasteiger partial charge in [0, 0.05) is 0 Å². The molecule has 0 amide bonds. The second-order valence-corrected chi connectivity index (χ2v) is 23.4. The average molecular weight is 964 g/mol. The van der Waals surface area contributed by atoms with E-state index >= 15 is 0 Å². The van der Waals surface area contributed by atoms with Crippen LogP contribution in [-0.2, 0) is 15.1 Å². The maximum absolute atomic E-state index is 4.83. The Kier molecular flexibility index (Phi) is 19.5. The van der Waals surface area contributed by atoms with Crippen LogP contribution in [0.4, 0.5) is 0 Å². The van der Waals surface area contributed by atoms with E-state index in [1.807, 2.05) is 0 Å². The van der Waals surface area contributed by atoms with Gasteiger partial charge in [-0.1, -0.05) is 164 Å². The first kappa shape index (κ1) is 45.0. The van der Waals surface area contributed by atoms with Gasteiger partial charge >= 0.3 is 34.5 Å². The fourth-order valence-corrected chi connectivity index (χ4v) is 14.7. The zero-order valence-electron chi connectivity index (χ0n) is 33.1. The van der Waals surface area contributed by atoms with Gasteiger partial charge in [-0.3, -0.25) is 0 Å². The fourth-order valence-electron chi connectivity index (χ4n) is 6.94. The second kappa shape index (κ2) is 26.0. The maximum atomic E-state index is 4.83. The standard InChI is InChI=1S/3C18H15P.2ClH.Rh/c3*1-4-10-16(11-5-1)19(17-12-6-2-7-13-17)18-14-8-3-9-15-18;;;/h3*1-15H;2*1H;/q;;;;;+2/p+1. The number of benzene rings is 9. The van der Waals surface area contributed by atoms with Crippen molar-refractivity contribution < 1.29 is 15.1 Å². The monoisotopic (exact) mass is 962 g/mol. The summed E-state index contributed by atoms with van der Waals surface area (Å²) in [6, 6.07) is 97.5. The molecule has 6 heteroatoms. The van der Waals surface area contributed by atoms with E-state index in [1.165, 1.54) is 47.7 Å². The third kappa shape index (κ3) is 13.8. The Morgan fingerprint density at radius 3 is 0.350 bits per heavy atom. The molecule has 0 aliphatic rings. The summed E-state index contributed by atoms with van der Waals surface area (Å²) in [7, 11) is 7.04. The van der Waals surface area contributed by atoms with Crippen molar-refractivity contribution in [3.8, 4) is 0 Å². The summed E-state index contributed by atoms with van der Waals surface area (Å²) in [4.78, 5) is 0. The van der Waals surface area contributed by atoms with Gasteiger partial charge in [-0.05, 0) is 109 Å². The van der Waals surface area contributed by atoms with Crippen molar-refractivity contribution in [2.45, 2.75) is 0 Å². The quantitative estimate of drug-likeness (QED) is 0.0999. The third-order valence-electron chi connectivity index (χ3n) is 9.56. The molecule has 0 N–H and O–H groups in total. The van der Waals surface area contributed by atoms with E-state index < -0.39 is 23.8 Å². The van der Waals surface area contributed by atoms with Crippen LogP contribution in [0, 0.1) is 0 Å². The topological polar surface area (TPSA) is 0 Å². The molecule has 0 radical (unpaired) electrons. The van der Waals surface area contributed by atoms with Crippen molar-refractivity contribution in [1.82, 2.24) is 0 Å². The largest absolute Gasteiger partial charge is 0.102 e. The summed E-state index contributed by atoms with van der Waals surface area (Å²) >= 11 is -0.226. The van der Waals surface area contributed by atoms with Crippen LogP contribution in [0.3, 0.4) is 0 Å². The first-order chi connectivity index (χ1) is 29.8. The van der Waals surface area contributed by atoms with Gasteiger partial charge < -0.3 is 0 Å². The molecule has 9 aromatic carbocycles. The number of hydrogen-bond donors (Lipinski definition) is 0. The molecule has 9 rings (SSSR count). The fraction of sp³-hybridized carbons (Fsp3) is 0. The predicted octanol–water partition coefficient (Wildman–Crippen LogP) is 10.9. The Morgan fingerprint density at radius 1 is 0.183 bits per heavy atom. The molecule has 0 aliphatic carbocycles. The zero-order chi connectivity index (χ0) is 41.5. The molecule has 0 saturated heterocycles. The molecule has 0 fully saturated rings. The van der Waals surface area contributed by atoms with E-state index in [0.717, 1.165) is 0 Å². The van der Waals surface area contributed by atoms with Crippen molar-refractivity contribution >= 4 is 90.9 Å². The predicted molar refractivity (Wildman–Crippen MR) is 271 cm³/mol. The van der Waals surface area contributed by atoms with E-state index in [-0.39, 0.29) is 15.1 Å². The molecule has 0 heterocycles. The Labute approximate surface area is 376 Å². The number of rotatable bonds is 9. The average Bonchev–Trinajstić information content (AvgIpc) is 3.33. The zero-order valence-corrected chi connectivity index (χ0v) is 39.2. The SMILES string of the molecule is [Cl][Rh][Cl].c1ccc([PH+](c2ccccc2)c2ccccc2)cc1.c1ccc([PH+](c2ccccc2)c2ccccc2)cc1.c1ccc([PH+](c2ccccc2)c2ccccc2)cc1. The Balaban J connectivity index is 0.000000146. The summed E-state index contributed by atoms with van der Waals surface area (Å²) in [5, 5.41) is 12.9. The minimum Gasteiger partial charge on any atom is -0.0620 e. The van der Waals surface area contributed by atoms with E-state index in [4.69, 9.17) is 19.4 Å². The van der Waals surface area contributed by atoms with Gasteiger partial charge in [0.25, 0.3) is 0 Å². The normalized spacial score (nSPS) is 10.4. The van der Waals surface area contributed by atoms with Crippen molar-refractivity contribution in [2.75, 3.05) is 0 Å². The van der Waals surface area contributed by atoms with E-state index in [9.17, 15) is 0 Å². The summed E-state index contributed by atoms with van der Waals surface area (Å²) in [5.74, 6) is 0. The van der Waals surface area contributed by atoms with Crippen molar-refractivity contribution in [3.05, 3.63) is 273 Å². The summed E-state index contributed by atoms with van der Waals surface area (Å²) in [6.07, 6.45) is 0. The smallest absolute Gasteiger partial charge is 0.0620 e. The molecule has 0 unspecified atom stereocenters. The van der Waals surface area contributed by atoms with E-state index in [2.05, 4.69) is 273 Å². The molecule has 60 heavy (non-hydrogen) atoms. The van der Waals surface area contributed by atoms with Gasteiger partial charge in [-0.25, -0.2) is 0 Å². The Bertz CT molecular complexity index is 1890. The number of halogens is 2. The van der Waals surface area contributed by atoms with Crippen molar-refractivity contribution in [1.29, 1.82) is 0 Å². The number of hydrogen-bond acceptors (Lipinski definition) is 0. The first-order valence-corrected chi connectivity index (χ1v) is 28.4. The van der Waals surface area contributed by atoms with Gasteiger partial charge in [-0.15, -0.1) is 0 Å². The first-order valence-electron chi connectivity index (χ1n) is 19.7. The van der Waals surface area contributed by atoms with Gasteiger partial charge in [0.15, 0.2) is 0 Å². The summed E-state index contributed by atoms with van der Waals surface area (Å²) in [6.45, 7) is 0. The third-order valence-corrected chi connectivity index (χ3v) is 17.8. The van der Waals surface area contributed by atoms with Crippen LogP contribution < -0.4 is 47.7 Å². The van der Waals surface area contributed by atoms with Gasteiger partial charge in [0.05, 0.1) is 23.8 Å². The Hall–Kier alpha value is -4.53. The van der Waals surface area contributed by atoms with Crippen LogP contribution in [0.15, 0.2) is 273 Å². The maximum Gasteiger partial charge on any atom is 0.102 e. The van der Waals surface area contributed by atoms with Crippen LogP contribution in [0.1, 0.15) is 0 Å². The molecular weight excluding hydrogens is 915 g/mol. The summed E-state index contributed by atoms with van der Waals surface area (Å²) < 4.78 is 0. The van der Waals surface area contributed by atoms with Gasteiger partial charge in [-0.2, -0.15) is 0 Å². The van der Waals surface area contributed by atoms with E-state index in [0.29, 0.717) is 0 Å². The molecule has 0 spiro atoms. The molecule has 299 valence electrons. The summed E-state index contributed by atoms with van der Waals surface area (Å²) in [5.41, 5.74) is 0. The molecule has 0 nitrogen and oxygen atoms in total. The molecule has 9 aromatic rings. The van der Waals surface area contributed by atoms with Crippen molar-refractivity contribution in [2.24, 2.45) is 0 Å². The van der Waals surface area contributed by atoms with Crippen molar-refractivity contribution in [3.63, 3.8) is 0 Å². The molecule has 0 bridgehead atoms. The van der Waals surface area contributed by atoms with Crippen LogP contribution in [0.5, 0.6) is 0 Å². The van der Waals surface area contributed by atoms with Crippen LogP contribution in [0.25, 0.3) is 0 Å². The minimum absolute atomic E-state index is 0.226. The van der Waals surface area contributed by atoms with Crippen LogP contribution in [0.2, 0.25) is 0 Å². The molecule has 0 saturated carbocycles. The molecule has 0 atom stereocenters. The second-order valence-electron chi connectivity index (χ2n) is 13.5. The van der Waals surface area contributed by atoms with Gasteiger partial charge in [0.1, 0.15) is 47.7 Å². The minimum atomic E-state index is -0.877. The van der Waals surface area contributed by atoms with Crippen LogP contribution in [-0.4, -0.2) is 0 Å². The van der Waals surface area contributed by atoms with Gasteiger partial charge in [0.2, 0.25) is 0 Å². The van der Waals surface area contributed by atoms with E-state index in [1.54, 1.807) is 0 Å². The molecule has 0 aromatic heterocycles. The molecule has 0 aliphatic heterocycles. The van der Waals surface area contributed by atoms with Crippen LogP contribution >= 0.6 is 43.1 Å². The Morgan fingerprint density at radius 2 is 0.267 bits per heavy atom.